The standard InChI is InChI=1S/C22H17F4N5O5/c1-10-5-14(6-11(2)17(10)23)29-20-27-8-12(9-32)18(30-20)28-13-3-4-16-15(7-13)31(21(34)35-16)36-19(33)22(24,25)26/h3-8,32H,9H2,1-2H3,(H2,27,28,29,30). The van der Waals surface area contributed by atoms with Crippen molar-refractivity contribution in [1.29, 1.82) is 0 Å². The Labute approximate surface area is 199 Å². The molecule has 0 unspecified atom stereocenters. The lowest BCUT2D eigenvalue weighted by molar-refractivity contribution is -0.200. The fourth-order valence-electron chi connectivity index (χ4n) is 3.27. The van der Waals surface area contributed by atoms with E-state index in [1.165, 1.54) is 24.4 Å². The number of hydrogen-bond donors (Lipinski definition) is 3. The lowest BCUT2D eigenvalue weighted by atomic mass is 10.1. The van der Waals surface area contributed by atoms with Crippen LogP contribution in [0.5, 0.6) is 0 Å². The van der Waals surface area contributed by atoms with E-state index in [-0.39, 0.29) is 44.7 Å². The monoisotopic (exact) mass is 507 g/mol. The van der Waals surface area contributed by atoms with Crippen LogP contribution in [0.3, 0.4) is 0 Å². The first-order valence-corrected chi connectivity index (χ1v) is 10.2. The Balaban J connectivity index is 1.66. The molecule has 0 aliphatic carbocycles. The summed E-state index contributed by atoms with van der Waals surface area (Å²) >= 11 is 0. The maximum atomic E-state index is 13.9. The summed E-state index contributed by atoms with van der Waals surface area (Å²) in [6, 6.07) is 7.00. The molecule has 3 N–H and O–H groups in total. The van der Waals surface area contributed by atoms with Crippen molar-refractivity contribution >= 4 is 40.2 Å². The minimum atomic E-state index is -5.33. The van der Waals surface area contributed by atoms with Crippen LogP contribution in [0.25, 0.3) is 11.1 Å². The zero-order chi connectivity index (χ0) is 26.2. The number of nitrogens with one attached hydrogen (secondary N) is 2. The number of alkyl halides is 3. The summed E-state index contributed by atoms with van der Waals surface area (Å²) in [5.74, 6) is -4.07. The normalized spacial score (nSPS) is 11.5. The predicted molar refractivity (Wildman–Crippen MR) is 119 cm³/mol. The summed E-state index contributed by atoms with van der Waals surface area (Å²) in [6.45, 7) is 2.75. The van der Waals surface area contributed by atoms with Crippen LogP contribution in [-0.4, -0.2) is 32.0 Å². The number of anilines is 4. The molecule has 2 aromatic carbocycles. The number of carbonyl (C=O) groups excluding carboxylic acids is 1. The highest BCUT2D eigenvalue weighted by Gasteiger charge is 2.42. The number of halogens is 4. The van der Waals surface area contributed by atoms with Gasteiger partial charge in [0.15, 0.2) is 5.58 Å². The number of rotatable bonds is 6. The van der Waals surface area contributed by atoms with Crippen molar-refractivity contribution in [3.63, 3.8) is 0 Å². The average molecular weight is 507 g/mol. The van der Waals surface area contributed by atoms with Crippen molar-refractivity contribution in [2.24, 2.45) is 0 Å². The molecule has 0 radical (unpaired) electrons. The first-order valence-electron chi connectivity index (χ1n) is 10.2. The molecule has 0 aliphatic heterocycles. The summed E-state index contributed by atoms with van der Waals surface area (Å²) in [6.07, 6.45) is -4.00. The number of aliphatic hydroxyl groups excluding tert-OH is 1. The van der Waals surface area contributed by atoms with E-state index in [9.17, 15) is 32.3 Å². The van der Waals surface area contributed by atoms with Crippen LogP contribution in [0, 0.1) is 19.7 Å². The molecular weight excluding hydrogens is 490 g/mol. The van der Waals surface area contributed by atoms with E-state index < -0.39 is 24.5 Å². The van der Waals surface area contributed by atoms with Gasteiger partial charge in [-0.05, 0) is 55.3 Å². The minimum Gasteiger partial charge on any atom is -0.405 e. The van der Waals surface area contributed by atoms with Gasteiger partial charge < -0.3 is 25.0 Å². The Kier molecular flexibility index (Phi) is 6.37. The number of carbonyl (C=O) groups is 1. The summed E-state index contributed by atoms with van der Waals surface area (Å²) in [5, 5.41) is 15.5. The van der Waals surface area contributed by atoms with Gasteiger partial charge in [-0.1, -0.05) is 4.73 Å². The van der Waals surface area contributed by atoms with E-state index in [1.807, 2.05) is 0 Å². The maximum Gasteiger partial charge on any atom is 0.493 e. The summed E-state index contributed by atoms with van der Waals surface area (Å²) in [7, 11) is 0. The molecule has 0 atom stereocenters. The van der Waals surface area contributed by atoms with Crippen LogP contribution in [0.2, 0.25) is 0 Å². The molecule has 4 rings (SSSR count). The second-order valence-corrected chi connectivity index (χ2v) is 7.62. The van der Waals surface area contributed by atoms with Gasteiger partial charge in [-0.3, -0.25) is 0 Å². The number of fused-ring (bicyclic) bond motifs is 1. The molecular formula is C22H17F4N5O5. The van der Waals surface area contributed by atoms with Gasteiger partial charge >= 0.3 is 17.9 Å². The van der Waals surface area contributed by atoms with Gasteiger partial charge in [0.2, 0.25) is 5.95 Å². The van der Waals surface area contributed by atoms with Crippen LogP contribution in [0.4, 0.5) is 40.7 Å². The lowest BCUT2D eigenvalue weighted by Gasteiger charge is -2.13. The van der Waals surface area contributed by atoms with E-state index in [0.717, 1.165) is 0 Å². The fraction of sp³-hybridized carbons (Fsp3) is 0.182. The second-order valence-electron chi connectivity index (χ2n) is 7.62. The third-order valence-corrected chi connectivity index (χ3v) is 4.94. The van der Waals surface area contributed by atoms with Crippen LogP contribution < -0.4 is 21.2 Å². The van der Waals surface area contributed by atoms with Gasteiger partial charge in [-0.25, -0.2) is 19.0 Å². The molecule has 10 nitrogen and oxygen atoms in total. The number of benzene rings is 2. The molecule has 14 heteroatoms. The summed E-state index contributed by atoms with van der Waals surface area (Å²) in [5.41, 5.74) is 1.40. The third kappa shape index (κ3) is 4.98. The molecule has 36 heavy (non-hydrogen) atoms. The van der Waals surface area contributed by atoms with Crippen molar-refractivity contribution in [1.82, 2.24) is 14.7 Å². The topological polar surface area (TPSA) is 132 Å². The zero-order valence-corrected chi connectivity index (χ0v) is 18.6. The van der Waals surface area contributed by atoms with E-state index in [0.29, 0.717) is 16.8 Å². The Morgan fingerprint density at radius 3 is 2.47 bits per heavy atom. The summed E-state index contributed by atoms with van der Waals surface area (Å²) < 4.78 is 56.6. The SMILES string of the molecule is Cc1cc(Nc2ncc(CO)c(Nc3ccc4oc(=O)n(OC(=O)C(F)(F)F)c4c3)n2)cc(C)c1F. The zero-order valence-electron chi connectivity index (χ0n) is 18.6. The second kappa shape index (κ2) is 9.30. The highest BCUT2D eigenvalue weighted by atomic mass is 19.4. The minimum absolute atomic E-state index is 0.0788. The van der Waals surface area contributed by atoms with E-state index >= 15 is 0 Å². The van der Waals surface area contributed by atoms with Crippen LogP contribution in [0.1, 0.15) is 16.7 Å². The molecule has 0 amide bonds. The molecule has 2 aromatic heterocycles. The van der Waals surface area contributed by atoms with Gasteiger partial charge in [-0.15, -0.1) is 0 Å². The van der Waals surface area contributed by atoms with Crippen molar-refractivity contribution in [3.8, 4) is 0 Å². The van der Waals surface area contributed by atoms with E-state index in [4.69, 9.17) is 4.42 Å². The van der Waals surface area contributed by atoms with Gasteiger partial charge in [0.05, 0.1) is 6.61 Å². The number of oxazole rings is 1. The van der Waals surface area contributed by atoms with Gasteiger partial charge in [0.25, 0.3) is 0 Å². The first kappa shape index (κ1) is 24.7. The van der Waals surface area contributed by atoms with Crippen molar-refractivity contribution in [2.75, 3.05) is 10.6 Å². The number of aryl methyl sites for hydroxylation is 2. The molecule has 0 saturated carbocycles. The Morgan fingerprint density at radius 1 is 1.14 bits per heavy atom. The molecule has 0 aliphatic rings. The average Bonchev–Trinajstić information content (AvgIpc) is 3.11. The lowest BCUT2D eigenvalue weighted by Crippen LogP contribution is -2.36. The van der Waals surface area contributed by atoms with Crippen LogP contribution in [0.15, 0.2) is 45.7 Å². The van der Waals surface area contributed by atoms with Crippen LogP contribution in [-0.2, 0) is 11.4 Å². The van der Waals surface area contributed by atoms with Gasteiger partial charge in [0.1, 0.15) is 17.2 Å². The molecule has 0 fully saturated rings. The number of aromatic nitrogens is 3. The number of nitrogens with zero attached hydrogens (tertiary/aromatic N) is 3. The Hall–Kier alpha value is -4.46. The van der Waals surface area contributed by atoms with Crippen LogP contribution >= 0.6 is 0 Å². The maximum absolute atomic E-state index is 13.9. The smallest absolute Gasteiger partial charge is 0.405 e. The highest BCUT2D eigenvalue weighted by molar-refractivity contribution is 5.81. The largest absolute Gasteiger partial charge is 0.493 e. The molecule has 2 heterocycles. The van der Waals surface area contributed by atoms with Crippen molar-refractivity contribution in [2.45, 2.75) is 26.6 Å². The van der Waals surface area contributed by atoms with Crippen molar-refractivity contribution in [3.05, 3.63) is 69.6 Å². The van der Waals surface area contributed by atoms with Gasteiger partial charge in [0, 0.05) is 23.1 Å². The molecule has 0 saturated heterocycles. The van der Waals surface area contributed by atoms with Crippen molar-refractivity contribution < 1.29 is 36.7 Å². The third-order valence-electron chi connectivity index (χ3n) is 4.94. The molecule has 0 bridgehead atoms. The Bertz CT molecular complexity index is 1510. The summed E-state index contributed by atoms with van der Waals surface area (Å²) in [4.78, 5) is 35.6. The van der Waals surface area contributed by atoms with Gasteiger partial charge in [-0.2, -0.15) is 18.2 Å². The molecule has 188 valence electrons. The predicted octanol–water partition coefficient (Wildman–Crippen LogP) is 3.64. The molecule has 0 spiro atoms. The molecule has 4 aromatic rings. The number of hydrogen-bond acceptors (Lipinski definition) is 9. The fourth-order valence-corrected chi connectivity index (χ4v) is 3.27. The van der Waals surface area contributed by atoms with E-state index in [2.05, 4.69) is 25.4 Å². The first-order chi connectivity index (χ1) is 17.0. The quantitative estimate of drug-likeness (QED) is 0.335. The van der Waals surface area contributed by atoms with E-state index in [1.54, 1.807) is 26.0 Å². The highest BCUT2D eigenvalue weighted by Crippen LogP contribution is 2.26. The Morgan fingerprint density at radius 2 is 1.83 bits per heavy atom. The number of aliphatic hydroxyl groups is 1.